The predicted octanol–water partition coefficient (Wildman–Crippen LogP) is 7.38. The van der Waals surface area contributed by atoms with Crippen molar-refractivity contribution in [1.29, 1.82) is 0 Å². The Kier molecular flexibility index (Phi) is 7.11. The van der Waals surface area contributed by atoms with Crippen molar-refractivity contribution in [3.8, 4) is 11.8 Å². The molecule has 0 aromatic heterocycles. The van der Waals surface area contributed by atoms with Crippen LogP contribution >= 0.6 is 0 Å². The summed E-state index contributed by atoms with van der Waals surface area (Å²) < 4.78 is 29.2. The molecule has 1 aromatic rings. The van der Waals surface area contributed by atoms with Gasteiger partial charge in [-0.05, 0) is 86.8 Å². The minimum absolute atomic E-state index is 0.0516. The van der Waals surface area contributed by atoms with E-state index in [1.807, 2.05) is 6.08 Å². The molecule has 2 heteroatoms. The summed E-state index contributed by atoms with van der Waals surface area (Å²) in [6, 6.07) is 3.07. The molecule has 0 aliphatic heterocycles. The molecule has 2 aliphatic rings. The van der Waals surface area contributed by atoms with Crippen LogP contribution in [0.3, 0.4) is 0 Å². The fourth-order valence-corrected chi connectivity index (χ4v) is 4.81. The van der Waals surface area contributed by atoms with Crippen LogP contribution in [-0.4, -0.2) is 0 Å². The minimum Gasteiger partial charge on any atom is -0.206 e. The van der Waals surface area contributed by atoms with Crippen molar-refractivity contribution < 1.29 is 8.78 Å². The number of rotatable bonds is 4. The highest BCUT2D eigenvalue weighted by molar-refractivity contribution is 5.40. The average Bonchev–Trinajstić information content (AvgIpc) is 2.68. The van der Waals surface area contributed by atoms with Crippen molar-refractivity contribution in [2.24, 2.45) is 17.8 Å². The van der Waals surface area contributed by atoms with Gasteiger partial charge in [-0.3, -0.25) is 0 Å². The van der Waals surface area contributed by atoms with Crippen LogP contribution in [0.2, 0.25) is 0 Å². The average molecular weight is 371 g/mol. The molecule has 0 amide bonds. The number of allylic oxidation sites excluding steroid dienone is 1. The van der Waals surface area contributed by atoms with Crippen molar-refractivity contribution in [3.05, 3.63) is 47.5 Å². The lowest BCUT2D eigenvalue weighted by Gasteiger charge is -2.28. The molecule has 27 heavy (non-hydrogen) atoms. The van der Waals surface area contributed by atoms with Crippen molar-refractivity contribution >= 4 is 0 Å². The molecule has 2 saturated carbocycles. The molecule has 0 unspecified atom stereocenters. The molecule has 3 rings (SSSR count). The molecular formula is C25H32F2. The highest BCUT2D eigenvalue weighted by Crippen LogP contribution is 2.38. The molecule has 0 radical (unpaired) electrons. The summed E-state index contributed by atoms with van der Waals surface area (Å²) >= 11 is 0. The van der Waals surface area contributed by atoms with Crippen LogP contribution in [0.4, 0.5) is 8.78 Å². The number of hydrogen-bond acceptors (Lipinski definition) is 0. The summed E-state index contributed by atoms with van der Waals surface area (Å²) in [5.74, 6) is 6.85. The van der Waals surface area contributed by atoms with Gasteiger partial charge in [0.05, 0.1) is 5.56 Å². The molecule has 0 atom stereocenters. The van der Waals surface area contributed by atoms with Crippen molar-refractivity contribution in [3.63, 3.8) is 0 Å². The first-order valence-electron chi connectivity index (χ1n) is 10.7. The van der Waals surface area contributed by atoms with Crippen LogP contribution in [0, 0.1) is 41.2 Å². The lowest BCUT2D eigenvalue weighted by molar-refractivity contribution is 0.307. The van der Waals surface area contributed by atoms with Gasteiger partial charge in [0.2, 0.25) is 0 Å². The summed E-state index contributed by atoms with van der Waals surface area (Å²) in [7, 11) is 0. The first kappa shape index (κ1) is 20.1. The maximum absolute atomic E-state index is 14.6. The van der Waals surface area contributed by atoms with Gasteiger partial charge < -0.3 is 0 Å². The van der Waals surface area contributed by atoms with Gasteiger partial charge in [0.15, 0.2) is 0 Å². The third kappa shape index (κ3) is 5.22. The monoisotopic (exact) mass is 370 g/mol. The highest BCUT2D eigenvalue weighted by atomic mass is 19.1. The third-order valence-electron chi connectivity index (χ3n) is 6.59. The summed E-state index contributed by atoms with van der Waals surface area (Å²) in [5.41, 5.74) is 0.765. The normalized spacial score (nSPS) is 28.3. The second-order valence-corrected chi connectivity index (χ2v) is 8.48. The van der Waals surface area contributed by atoms with Crippen LogP contribution < -0.4 is 0 Å². The first-order chi connectivity index (χ1) is 13.1. The Bertz CT molecular complexity index is 670. The van der Waals surface area contributed by atoms with Crippen LogP contribution in [0.25, 0.3) is 0 Å². The molecule has 0 spiro atoms. The number of halogens is 2. The van der Waals surface area contributed by atoms with Gasteiger partial charge in [0, 0.05) is 5.92 Å². The molecule has 0 saturated heterocycles. The zero-order valence-electron chi connectivity index (χ0n) is 16.6. The third-order valence-corrected chi connectivity index (χ3v) is 6.59. The van der Waals surface area contributed by atoms with E-state index in [4.69, 9.17) is 0 Å². The standard InChI is InChI=1S/C25H32F2/c1-3-5-19-10-13-21(14-11-19)22-16-24(26)23(25(27)17-22)15-12-20-8-6-18(4-2)7-9-20/h4,16-21H,2-3,5-11,13-14H2,1H3/t18-,19-,20-,21-. The number of hydrogen-bond donors (Lipinski definition) is 0. The zero-order valence-corrected chi connectivity index (χ0v) is 16.6. The molecule has 0 nitrogen and oxygen atoms in total. The van der Waals surface area contributed by atoms with E-state index < -0.39 is 11.6 Å². The summed E-state index contributed by atoms with van der Waals surface area (Å²) in [4.78, 5) is 0. The van der Waals surface area contributed by atoms with Gasteiger partial charge in [-0.15, -0.1) is 6.58 Å². The first-order valence-corrected chi connectivity index (χ1v) is 10.7. The Balaban J connectivity index is 1.66. The molecule has 0 N–H and O–H groups in total. The Morgan fingerprint density at radius 1 is 1.00 bits per heavy atom. The molecule has 2 aliphatic carbocycles. The van der Waals surface area contributed by atoms with E-state index in [9.17, 15) is 8.78 Å². The van der Waals surface area contributed by atoms with Gasteiger partial charge >= 0.3 is 0 Å². The Morgan fingerprint density at radius 2 is 1.63 bits per heavy atom. The van der Waals surface area contributed by atoms with E-state index in [0.29, 0.717) is 11.8 Å². The minimum atomic E-state index is -0.493. The van der Waals surface area contributed by atoms with E-state index >= 15 is 0 Å². The highest BCUT2D eigenvalue weighted by Gasteiger charge is 2.24. The molecular weight excluding hydrogens is 338 g/mol. The van der Waals surface area contributed by atoms with E-state index in [2.05, 4.69) is 25.3 Å². The molecule has 1 aromatic carbocycles. The van der Waals surface area contributed by atoms with Crippen LogP contribution in [-0.2, 0) is 0 Å². The van der Waals surface area contributed by atoms with Gasteiger partial charge in [-0.1, -0.05) is 37.7 Å². The van der Waals surface area contributed by atoms with E-state index in [1.54, 1.807) is 0 Å². The SMILES string of the molecule is C=C[C@H]1CC[C@H](C#Cc2c(F)cc([C@H]3CC[C@H](CCC)CC3)cc2F)CC1. The van der Waals surface area contributed by atoms with Gasteiger partial charge in [-0.2, -0.15) is 0 Å². The Labute approximate surface area is 163 Å². The second-order valence-electron chi connectivity index (χ2n) is 8.48. The van der Waals surface area contributed by atoms with Crippen LogP contribution in [0.5, 0.6) is 0 Å². The van der Waals surface area contributed by atoms with Crippen LogP contribution in [0.15, 0.2) is 24.8 Å². The second kappa shape index (κ2) is 9.54. The Morgan fingerprint density at radius 3 is 2.19 bits per heavy atom. The quantitative estimate of drug-likeness (QED) is 0.383. The fourth-order valence-electron chi connectivity index (χ4n) is 4.81. The molecule has 146 valence electrons. The van der Waals surface area contributed by atoms with E-state index in [0.717, 1.165) is 50.0 Å². The smallest absolute Gasteiger partial charge is 0.142 e. The van der Waals surface area contributed by atoms with E-state index in [-0.39, 0.29) is 11.5 Å². The van der Waals surface area contributed by atoms with Crippen LogP contribution in [0.1, 0.15) is 88.2 Å². The molecule has 2 fully saturated rings. The van der Waals surface area contributed by atoms with Crippen molar-refractivity contribution in [2.75, 3.05) is 0 Å². The maximum Gasteiger partial charge on any atom is 0.142 e. The number of benzene rings is 1. The topological polar surface area (TPSA) is 0 Å². The summed E-state index contributed by atoms with van der Waals surface area (Å²) in [5, 5.41) is 0. The largest absolute Gasteiger partial charge is 0.206 e. The fraction of sp³-hybridized carbons (Fsp3) is 0.600. The summed E-state index contributed by atoms with van der Waals surface area (Å²) in [6.07, 6.45) is 13.1. The summed E-state index contributed by atoms with van der Waals surface area (Å²) in [6.45, 7) is 6.07. The maximum atomic E-state index is 14.6. The van der Waals surface area contributed by atoms with Crippen molar-refractivity contribution in [1.82, 2.24) is 0 Å². The van der Waals surface area contributed by atoms with Gasteiger partial charge in [0.25, 0.3) is 0 Å². The van der Waals surface area contributed by atoms with Gasteiger partial charge in [0.1, 0.15) is 11.6 Å². The van der Waals surface area contributed by atoms with Gasteiger partial charge in [-0.25, -0.2) is 8.78 Å². The van der Waals surface area contributed by atoms with Crippen molar-refractivity contribution in [2.45, 2.75) is 77.0 Å². The van der Waals surface area contributed by atoms with E-state index in [1.165, 1.54) is 37.8 Å². The zero-order chi connectivity index (χ0) is 19.2. The molecule has 0 heterocycles. The predicted molar refractivity (Wildman–Crippen MR) is 108 cm³/mol. The lowest BCUT2D eigenvalue weighted by atomic mass is 9.77. The molecule has 0 bridgehead atoms. The Hall–Kier alpha value is -1.62. The lowest BCUT2D eigenvalue weighted by Crippen LogP contribution is -2.14.